The molecule has 2 unspecified atom stereocenters. The number of unbranched alkanes of at least 4 members (excludes halogenated alkanes) is 12. The lowest BCUT2D eigenvalue weighted by molar-refractivity contribution is -0.946. The van der Waals surface area contributed by atoms with E-state index in [0.29, 0.717) is 5.88 Å². The third-order valence-corrected chi connectivity index (χ3v) is 8.10. The molecule has 0 saturated heterocycles. The van der Waals surface area contributed by atoms with E-state index in [1.807, 2.05) is 0 Å². The lowest BCUT2D eigenvalue weighted by Crippen LogP contribution is -2.54. The summed E-state index contributed by atoms with van der Waals surface area (Å²) < 4.78 is 22.2. The minimum Gasteiger partial charge on any atom is -0.475 e. The molecule has 6 heteroatoms. The van der Waals surface area contributed by atoms with E-state index in [0.717, 1.165) is 54.9 Å². The summed E-state index contributed by atoms with van der Waals surface area (Å²) in [5.74, 6) is 1.64. The number of ether oxygens (including phenoxy) is 2. The second-order valence-electron chi connectivity index (χ2n) is 10.9. The normalized spacial score (nSPS) is 18.6. The summed E-state index contributed by atoms with van der Waals surface area (Å²) in [4.78, 5) is 0. The summed E-state index contributed by atoms with van der Waals surface area (Å²) in [5.41, 5.74) is 2.16. The zero-order chi connectivity index (χ0) is 26.1. The molecule has 36 heavy (non-hydrogen) atoms. The standard InChI is InChI=1S/C30H54N3O2S/c1-6-8-10-12-13-14-15-16-17-18-21-26(3)35-27(4)33(5)23-20-22-28(25-33)29-30(32-36-31-29)34-24-19-11-9-7-2/h22,27H,3,6-21,23-25H2,1-2,4-5H3/q+1. The molecule has 206 valence electrons. The summed E-state index contributed by atoms with van der Waals surface area (Å²) in [7, 11) is 2.29. The smallest absolute Gasteiger partial charge is 0.253 e. The van der Waals surface area contributed by atoms with E-state index in [9.17, 15) is 0 Å². The first kappa shape index (κ1) is 30.8. The van der Waals surface area contributed by atoms with Gasteiger partial charge >= 0.3 is 0 Å². The van der Waals surface area contributed by atoms with Crippen molar-refractivity contribution in [3.8, 4) is 5.88 Å². The van der Waals surface area contributed by atoms with Crippen molar-refractivity contribution in [3.63, 3.8) is 0 Å². The van der Waals surface area contributed by atoms with Crippen LogP contribution in [0, 0.1) is 0 Å². The molecule has 5 nitrogen and oxygen atoms in total. The van der Waals surface area contributed by atoms with Crippen LogP contribution in [-0.2, 0) is 4.74 Å². The van der Waals surface area contributed by atoms with Crippen LogP contribution in [0.3, 0.4) is 0 Å². The monoisotopic (exact) mass is 520 g/mol. The fourth-order valence-electron chi connectivity index (χ4n) is 4.95. The van der Waals surface area contributed by atoms with Gasteiger partial charge in [0.1, 0.15) is 12.2 Å². The van der Waals surface area contributed by atoms with Crippen LogP contribution in [0.15, 0.2) is 18.4 Å². The molecule has 2 heterocycles. The minimum absolute atomic E-state index is 0.0642. The summed E-state index contributed by atoms with van der Waals surface area (Å²) >= 11 is 1.25. The van der Waals surface area contributed by atoms with Gasteiger partial charge in [-0.2, -0.15) is 4.37 Å². The van der Waals surface area contributed by atoms with Crippen LogP contribution in [-0.4, -0.2) is 46.2 Å². The van der Waals surface area contributed by atoms with Crippen molar-refractivity contribution < 1.29 is 14.0 Å². The number of rotatable bonds is 21. The number of allylic oxidation sites excluding steroid dienone is 1. The molecular formula is C30H54N3O2S+. The van der Waals surface area contributed by atoms with Gasteiger partial charge in [-0.25, -0.2) is 0 Å². The molecule has 0 N–H and O–H groups in total. The van der Waals surface area contributed by atoms with E-state index in [1.54, 1.807) is 0 Å². The average molecular weight is 521 g/mol. The van der Waals surface area contributed by atoms with E-state index in [-0.39, 0.29) is 6.23 Å². The van der Waals surface area contributed by atoms with Crippen molar-refractivity contribution in [1.29, 1.82) is 0 Å². The number of aromatic nitrogens is 2. The van der Waals surface area contributed by atoms with E-state index in [1.165, 1.54) is 101 Å². The first-order valence-corrected chi connectivity index (χ1v) is 15.6. The zero-order valence-corrected chi connectivity index (χ0v) is 24.7. The minimum atomic E-state index is 0.0642. The van der Waals surface area contributed by atoms with Crippen molar-refractivity contribution in [1.82, 2.24) is 8.75 Å². The Morgan fingerprint density at radius 1 is 0.944 bits per heavy atom. The van der Waals surface area contributed by atoms with Crippen molar-refractivity contribution in [2.75, 3.05) is 26.7 Å². The highest BCUT2D eigenvalue weighted by molar-refractivity contribution is 6.99. The number of hydrogen-bond donors (Lipinski definition) is 0. The maximum atomic E-state index is 6.36. The highest BCUT2D eigenvalue weighted by Gasteiger charge is 2.36. The third-order valence-electron chi connectivity index (χ3n) is 7.59. The van der Waals surface area contributed by atoms with Gasteiger partial charge in [0.2, 0.25) is 6.23 Å². The Labute approximate surface area is 226 Å². The van der Waals surface area contributed by atoms with E-state index >= 15 is 0 Å². The van der Waals surface area contributed by atoms with Gasteiger partial charge in [-0.05, 0) is 12.8 Å². The van der Waals surface area contributed by atoms with E-state index in [2.05, 4.69) is 49.2 Å². The van der Waals surface area contributed by atoms with Gasteiger partial charge in [0, 0.05) is 25.3 Å². The van der Waals surface area contributed by atoms with Gasteiger partial charge in [0.15, 0.2) is 0 Å². The van der Waals surface area contributed by atoms with Gasteiger partial charge in [0.05, 0.1) is 37.7 Å². The molecule has 0 bridgehead atoms. The average Bonchev–Trinajstić information content (AvgIpc) is 3.33. The molecule has 0 saturated carbocycles. The van der Waals surface area contributed by atoms with Crippen molar-refractivity contribution in [2.24, 2.45) is 0 Å². The molecule has 1 aliphatic heterocycles. The molecular weight excluding hydrogens is 466 g/mol. The SMILES string of the molecule is C=C(CCCCCCCCCCCC)OC(C)[N+]1(C)CCC=C(c2nsnc2OCCCCCC)C1. The molecule has 0 radical (unpaired) electrons. The van der Waals surface area contributed by atoms with Gasteiger partial charge in [0.25, 0.3) is 5.88 Å². The summed E-state index contributed by atoms with van der Waals surface area (Å²) in [6.45, 7) is 13.6. The molecule has 0 aromatic carbocycles. The van der Waals surface area contributed by atoms with E-state index in [4.69, 9.17) is 9.47 Å². The summed E-state index contributed by atoms with van der Waals surface area (Å²) in [6.07, 6.45) is 22.7. The maximum absolute atomic E-state index is 6.36. The van der Waals surface area contributed by atoms with Crippen LogP contribution in [0.2, 0.25) is 0 Å². The van der Waals surface area contributed by atoms with E-state index < -0.39 is 0 Å². The van der Waals surface area contributed by atoms with Crippen molar-refractivity contribution in [2.45, 2.75) is 130 Å². The Kier molecular flexibility index (Phi) is 15.4. The zero-order valence-electron chi connectivity index (χ0n) is 23.9. The second-order valence-corrected chi connectivity index (χ2v) is 11.4. The van der Waals surface area contributed by atoms with Crippen molar-refractivity contribution >= 4 is 17.3 Å². The molecule has 1 aliphatic rings. The predicted molar refractivity (Wildman–Crippen MR) is 154 cm³/mol. The molecule has 1 aromatic heterocycles. The lowest BCUT2D eigenvalue weighted by Gasteiger charge is -2.42. The van der Waals surface area contributed by atoms with Gasteiger partial charge in [-0.1, -0.05) is 104 Å². The van der Waals surface area contributed by atoms with Gasteiger partial charge < -0.3 is 9.47 Å². The lowest BCUT2D eigenvalue weighted by atomic mass is 10.0. The fraction of sp³-hybridized carbons (Fsp3) is 0.800. The number of likely N-dealkylation sites (N-methyl/N-ethyl adjacent to an activating group) is 1. The van der Waals surface area contributed by atoms with Crippen LogP contribution in [0.5, 0.6) is 5.88 Å². The van der Waals surface area contributed by atoms with Crippen molar-refractivity contribution in [3.05, 3.63) is 24.1 Å². The number of nitrogens with zero attached hydrogens (tertiary/aromatic N) is 3. The topological polar surface area (TPSA) is 44.2 Å². The highest BCUT2D eigenvalue weighted by Crippen LogP contribution is 2.32. The largest absolute Gasteiger partial charge is 0.475 e. The Bertz CT molecular complexity index is 763. The van der Waals surface area contributed by atoms with Gasteiger partial charge in [-0.3, -0.25) is 4.48 Å². The summed E-state index contributed by atoms with van der Waals surface area (Å²) in [6, 6.07) is 0. The molecule has 0 amide bonds. The van der Waals surface area contributed by atoms with Crippen LogP contribution >= 0.6 is 11.7 Å². The highest BCUT2D eigenvalue weighted by atomic mass is 32.1. The molecule has 0 spiro atoms. The first-order chi connectivity index (χ1) is 17.5. The number of hydrogen-bond acceptors (Lipinski definition) is 5. The van der Waals surface area contributed by atoms with Crippen LogP contribution in [0.1, 0.15) is 129 Å². The second kappa shape index (κ2) is 18.0. The Morgan fingerprint density at radius 3 is 2.22 bits per heavy atom. The van der Waals surface area contributed by atoms with Crippen LogP contribution < -0.4 is 4.74 Å². The molecule has 0 aliphatic carbocycles. The Hall–Kier alpha value is -1.40. The molecule has 1 aromatic rings. The summed E-state index contributed by atoms with van der Waals surface area (Å²) in [5, 5.41) is 0. The quantitative estimate of drug-likeness (QED) is 0.0922. The molecule has 2 atom stereocenters. The maximum Gasteiger partial charge on any atom is 0.253 e. The first-order valence-electron chi connectivity index (χ1n) is 14.8. The van der Waals surface area contributed by atoms with Gasteiger partial charge in [-0.15, -0.1) is 4.37 Å². The predicted octanol–water partition coefficient (Wildman–Crippen LogP) is 8.92. The Balaban J connectivity index is 1.70. The third kappa shape index (κ3) is 11.3. The van der Waals surface area contributed by atoms with Crippen LogP contribution in [0.4, 0.5) is 0 Å². The Morgan fingerprint density at radius 2 is 1.56 bits per heavy atom. The van der Waals surface area contributed by atoms with Crippen LogP contribution in [0.25, 0.3) is 5.57 Å². The fourth-order valence-corrected chi connectivity index (χ4v) is 5.49. The number of quaternary nitrogens is 1. The molecule has 0 fully saturated rings. The molecule has 2 rings (SSSR count).